The summed E-state index contributed by atoms with van der Waals surface area (Å²) < 4.78 is 0. The predicted molar refractivity (Wildman–Crippen MR) is 91.1 cm³/mol. The number of piperidine rings is 1. The van der Waals surface area contributed by atoms with Crippen molar-refractivity contribution in [1.29, 1.82) is 0 Å². The van der Waals surface area contributed by atoms with E-state index in [1.54, 1.807) is 0 Å². The zero-order valence-electron chi connectivity index (χ0n) is 13.5. The minimum atomic E-state index is 0.377. The van der Waals surface area contributed by atoms with E-state index in [4.69, 9.17) is 4.98 Å². The molecule has 1 N–H and O–H groups in total. The molecule has 1 unspecified atom stereocenters. The summed E-state index contributed by atoms with van der Waals surface area (Å²) in [6.07, 6.45) is 9.63. The van der Waals surface area contributed by atoms with E-state index in [1.807, 2.05) is 11.3 Å². The van der Waals surface area contributed by atoms with E-state index in [0.717, 1.165) is 18.5 Å². The number of rotatable bonds is 5. The average Bonchev–Trinajstić information content (AvgIpc) is 3.02. The van der Waals surface area contributed by atoms with Gasteiger partial charge in [0, 0.05) is 24.0 Å². The summed E-state index contributed by atoms with van der Waals surface area (Å²) in [6, 6.07) is 1.15. The fourth-order valence-electron chi connectivity index (χ4n) is 3.93. The first-order valence-electron chi connectivity index (χ1n) is 8.75. The van der Waals surface area contributed by atoms with Gasteiger partial charge in [-0.05, 0) is 51.5 Å². The maximum atomic E-state index is 4.96. The molecule has 0 amide bonds. The smallest absolute Gasteiger partial charge is 0.185 e. The van der Waals surface area contributed by atoms with Crippen molar-refractivity contribution >= 4 is 16.5 Å². The van der Waals surface area contributed by atoms with E-state index >= 15 is 0 Å². The van der Waals surface area contributed by atoms with Crippen molar-refractivity contribution < 1.29 is 0 Å². The Morgan fingerprint density at radius 1 is 1.33 bits per heavy atom. The van der Waals surface area contributed by atoms with E-state index in [1.165, 1.54) is 62.3 Å². The second-order valence-electron chi connectivity index (χ2n) is 6.68. The Morgan fingerprint density at radius 3 is 3.00 bits per heavy atom. The normalized spacial score (nSPS) is 27.4. The van der Waals surface area contributed by atoms with Gasteiger partial charge in [-0.15, -0.1) is 11.3 Å². The highest BCUT2D eigenvalue weighted by Gasteiger charge is 2.34. The van der Waals surface area contributed by atoms with Crippen LogP contribution in [0.3, 0.4) is 0 Å². The molecule has 0 spiro atoms. The van der Waals surface area contributed by atoms with Crippen LogP contribution in [0.5, 0.6) is 0 Å². The van der Waals surface area contributed by atoms with Crippen LogP contribution in [-0.4, -0.2) is 24.1 Å². The van der Waals surface area contributed by atoms with Crippen LogP contribution in [0.15, 0.2) is 5.38 Å². The molecule has 0 radical (unpaired) electrons. The fraction of sp³-hybridized carbons (Fsp3) is 0.824. The highest BCUT2D eigenvalue weighted by Crippen LogP contribution is 2.39. The van der Waals surface area contributed by atoms with Gasteiger partial charge in [0.25, 0.3) is 0 Å². The minimum Gasteiger partial charge on any atom is -0.345 e. The Hall–Kier alpha value is -0.610. The fourth-order valence-corrected chi connectivity index (χ4v) is 4.94. The van der Waals surface area contributed by atoms with Gasteiger partial charge < -0.3 is 10.2 Å². The molecule has 2 aliphatic rings. The van der Waals surface area contributed by atoms with Crippen molar-refractivity contribution in [3.05, 3.63) is 11.1 Å². The Balaban J connectivity index is 1.69. The molecule has 118 valence electrons. The van der Waals surface area contributed by atoms with Crippen molar-refractivity contribution in [2.75, 3.05) is 18.0 Å². The van der Waals surface area contributed by atoms with Gasteiger partial charge in [0.1, 0.15) is 0 Å². The molecule has 0 aromatic carbocycles. The van der Waals surface area contributed by atoms with Gasteiger partial charge in [0.2, 0.25) is 0 Å². The molecule has 3 atom stereocenters. The lowest BCUT2D eigenvalue weighted by Crippen LogP contribution is -2.46. The Morgan fingerprint density at radius 2 is 2.14 bits per heavy atom. The monoisotopic (exact) mass is 307 g/mol. The molecule has 1 aliphatic heterocycles. The third kappa shape index (κ3) is 3.42. The van der Waals surface area contributed by atoms with Gasteiger partial charge in [0.05, 0.1) is 5.69 Å². The van der Waals surface area contributed by atoms with Gasteiger partial charge in [-0.1, -0.05) is 19.8 Å². The molecule has 1 saturated heterocycles. The number of fused-ring (bicyclic) bond motifs is 1. The molecule has 3 rings (SSSR count). The topological polar surface area (TPSA) is 28.2 Å². The zero-order valence-corrected chi connectivity index (χ0v) is 14.3. The van der Waals surface area contributed by atoms with Gasteiger partial charge in [0.15, 0.2) is 5.13 Å². The molecule has 4 heteroatoms. The summed E-state index contributed by atoms with van der Waals surface area (Å²) in [5.74, 6) is 0.926. The van der Waals surface area contributed by atoms with Gasteiger partial charge >= 0.3 is 0 Å². The Labute approximate surface area is 133 Å². The molecule has 3 nitrogen and oxygen atoms in total. The quantitative estimate of drug-likeness (QED) is 0.876. The van der Waals surface area contributed by atoms with Crippen molar-refractivity contribution in [3.8, 4) is 0 Å². The first-order valence-corrected chi connectivity index (χ1v) is 9.63. The zero-order chi connectivity index (χ0) is 14.7. The van der Waals surface area contributed by atoms with E-state index in [9.17, 15) is 0 Å². The maximum absolute atomic E-state index is 4.96. The van der Waals surface area contributed by atoms with Crippen LogP contribution < -0.4 is 10.2 Å². The molecule has 21 heavy (non-hydrogen) atoms. The Bertz CT molecular complexity index is 443. The summed E-state index contributed by atoms with van der Waals surface area (Å²) in [4.78, 5) is 7.59. The lowest BCUT2D eigenvalue weighted by molar-refractivity contribution is 0.243. The van der Waals surface area contributed by atoms with Gasteiger partial charge in [-0.3, -0.25) is 0 Å². The number of thiazole rings is 1. The largest absolute Gasteiger partial charge is 0.345 e. The molecule has 2 fully saturated rings. The van der Waals surface area contributed by atoms with E-state index in [2.05, 4.69) is 29.4 Å². The van der Waals surface area contributed by atoms with Crippen LogP contribution >= 0.6 is 11.3 Å². The highest BCUT2D eigenvalue weighted by molar-refractivity contribution is 7.13. The van der Waals surface area contributed by atoms with Crippen LogP contribution in [0.25, 0.3) is 0 Å². The van der Waals surface area contributed by atoms with Crippen LogP contribution in [-0.2, 0) is 0 Å². The molecule has 1 saturated carbocycles. The summed E-state index contributed by atoms with van der Waals surface area (Å²) in [5, 5.41) is 7.08. The summed E-state index contributed by atoms with van der Waals surface area (Å²) in [6.45, 7) is 6.73. The van der Waals surface area contributed by atoms with Crippen molar-refractivity contribution in [2.45, 2.75) is 70.9 Å². The summed E-state index contributed by atoms with van der Waals surface area (Å²) >= 11 is 1.85. The number of nitrogens with zero attached hydrogens (tertiary/aromatic N) is 2. The summed E-state index contributed by atoms with van der Waals surface area (Å²) in [7, 11) is 0. The number of hydrogen-bond acceptors (Lipinski definition) is 4. The minimum absolute atomic E-state index is 0.377. The number of hydrogen-bond donors (Lipinski definition) is 1. The third-order valence-electron chi connectivity index (χ3n) is 5.14. The molecule has 0 bridgehead atoms. The molecule has 1 aromatic rings. The summed E-state index contributed by atoms with van der Waals surface area (Å²) in [5.41, 5.74) is 1.22. The molecular formula is C17H29N3S. The highest BCUT2D eigenvalue weighted by atomic mass is 32.1. The first kappa shape index (κ1) is 15.3. The lowest BCUT2D eigenvalue weighted by Gasteiger charge is -2.44. The average molecular weight is 308 g/mol. The standard InChI is InChI=1S/C17H29N3S/c1-3-10-18-13(2)15-12-21-17(19-15)20-11-6-8-14-7-4-5-9-16(14)20/h12-14,16,18H,3-11H2,1-2H3/t13?,14-,16-/m1/s1. The molecule has 1 aromatic heterocycles. The molecule has 2 heterocycles. The SMILES string of the molecule is CCCNC(C)c1csc(N2CCC[C@H]3CCCC[C@H]32)n1. The van der Waals surface area contributed by atoms with Crippen molar-refractivity contribution in [3.63, 3.8) is 0 Å². The van der Waals surface area contributed by atoms with Crippen LogP contribution in [0.4, 0.5) is 5.13 Å². The van der Waals surface area contributed by atoms with E-state index in [-0.39, 0.29) is 0 Å². The van der Waals surface area contributed by atoms with Crippen molar-refractivity contribution in [1.82, 2.24) is 10.3 Å². The second-order valence-corrected chi connectivity index (χ2v) is 7.51. The predicted octanol–water partition coefficient (Wildman–Crippen LogP) is 4.36. The van der Waals surface area contributed by atoms with Crippen LogP contribution in [0, 0.1) is 5.92 Å². The third-order valence-corrected chi connectivity index (χ3v) is 6.04. The second kappa shape index (κ2) is 7.10. The maximum Gasteiger partial charge on any atom is 0.185 e. The van der Waals surface area contributed by atoms with Crippen LogP contribution in [0.2, 0.25) is 0 Å². The lowest BCUT2D eigenvalue weighted by atomic mass is 9.78. The Kier molecular flexibility index (Phi) is 5.17. The van der Waals surface area contributed by atoms with E-state index in [0.29, 0.717) is 6.04 Å². The first-order chi connectivity index (χ1) is 10.3. The van der Waals surface area contributed by atoms with Gasteiger partial charge in [-0.25, -0.2) is 4.98 Å². The van der Waals surface area contributed by atoms with E-state index < -0.39 is 0 Å². The number of aromatic nitrogens is 1. The van der Waals surface area contributed by atoms with Crippen LogP contribution in [0.1, 0.15) is 70.5 Å². The molecule has 1 aliphatic carbocycles. The number of nitrogens with one attached hydrogen (secondary N) is 1. The number of anilines is 1. The van der Waals surface area contributed by atoms with Crippen molar-refractivity contribution in [2.24, 2.45) is 5.92 Å². The molecular weight excluding hydrogens is 278 g/mol. The van der Waals surface area contributed by atoms with Gasteiger partial charge in [-0.2, -0.15) is 0 Å².